The molecule has 0 spiro atoms. The maximum Gasteiger partial charge on any atom is 0.345 e. The monoisotopic (exact) mass is 332 g/mol. The molecule has 2 rings (SSSR count). The van der Waals surface area contributed by atoms with Crippen molar-refractivity contribution in [2.24, 2.45) is 0 Å². The Balaban J connectivity index is 2.08. The summed E-state index contributed by atoms with van der Waals surface area (Å²) in [5.74, 6) is -1.12. The highest BCUT2D eigenvalue weighted by Gasteiger charge is 2.21. The zero-order chi connectivity index (χ0) is 14.8. The maximum absolute atomic E-state index is 12.1. The summed E-state index contributed by atoms with van der Waals surface area (Å²) in [6.45, 7) is 1.82. The number of hydrogen-bond donors (Lipinski definition) is 2. The summed E-state index contributed by atoms with van der Waals surface area (Å²) in [6, 6.07) is 1.19. The lowest BCUT2D eigenvalue weighted by Gasteiger charge is -2.04. The van der Waals surface area contributed by atoms with Crippen molar-refractivity contribution in [1.82, 2.24) is 9.71 Å². The van der Waals surface area contributed by atoms with E-state index in [9.17, 15) is 13.2 Å². The Kier molecular flexibility index (Phi) is 4.53. The first-order chi connectivity index (χ1) is 9.40. The summed E-state index contributed by atoms with van der Waals surface area (Å²) in [4.78, 5) is 15.4. The lowest BCUT2D eigenvalue weighted by Crippen LogP contribution is -2.26. The second-order valence-electron chi connectivity index (χ2n) is 3.96. The van der Waals surface area contributed by atoms with Gasteiger partial charge in [0.2, 0.25) is 10.0 Å². The Bertz CT molecular complexity index is 704. The van der Waals surface area contributed by atoms with Crippen molar-refractivity contribution < 1.29 is 18.3 Å². The first-order valence-corrected chi connectivity index (χ1v) is 8.85. The van der Waals surface area contributed by atoms with Crippen molar-refractivity contribution in [3.05, 3.63) is 32.4 Å². The van der Waals surface area contributed by atoms with Gasteiger partial charge in [0.05, 0.1) is 16.1 Å². The largest absolute Gasteiger partial charge is 0.477 e. The van der Waals surface area contributed by atoms with E-state index < -0.39 is 16.0 Å². The van der Waals surface area contributed by atoms with Crippen LogP contribution in [0.25, 0.3) is 0 Å². The number of nitrogens with zero attached hydrogens (tertiary/aromatic N) is 1. The van der Waals surface area contributed by atoms with E-state index in [4.69, 9.17) is 5.11 Å². The van der Waals surface area contributed by atoms with Gasteiger partial charge in [-0.25, -0.2) is 22.9 Å². The van der Waals surface area contributed by atoms with Crippen LogP contribution in [0.4, 0.5) is 0 Å². The molecule has 0 fully saturated rings. The van der Waals surface area contributed by atoms with Gasteiger partial charge < -0.3 is 5.11 Å². The number of nitrogens with one attached hydrogen (secondary N) is 1. The summed E-state index contributed by atoms with van der Waals surface area (Å²) < 4.78 is 26.7. The van der Waals surface area contributed by atoms with Crippen molar-refractivity contribution in [1.29, 1.82) is 0 Å². The van der Waals surface area contributed by atoms with E-state index in [1.165, 1.54) is 17.4 Å². The molecule has 2 aromatic heterocycles. The third-order valence-electron chi connectivity index (χ3n) is 2.53. The maximum atomic E-state index is 12.1. The van der Waals surface area contributed by atoms with Gasteiger partial charge in [0.1, 0.15) is 4.88 Å². The lowest BCUT2D eigenvalue weighted by atomic mass is 10.3. The van der Waals surface area contributed by atoms with Gasteiger partial charge >= 0.3 is 5.97 Å². The lowest BCUT2D eigenvalue weighted by molar-refractivity contribution is 0.0702. The number of rotatable bonds is 6. The van der Waals surface area contributed by atoms with Gasteiger partial charge in [-0.15, -0.1) is 22.7 Å². The molecule has 0 bridgehead atoms. The molecular formula is C11H12N2O4S3. The summed E-state index contributed by atoms with van der Waals surface area (Å²) in [5.41, 5.74) is 2.51. The molecule has 2 N–H and O–H groups in total. The van der Waals surface area contributed by atoms with Gasteiger partial charge in [0.25, 0.3) is 0 Å². The molecule has 20 heavy (non-hydrogen) atoms. The van der Waals surface area contributed by atoms with Gasteiger partial charge in [0.15, 0.2) is 0 Å². The normalized spacial score (nSPS) is 11.7. The van der Waals surface area contributed by atoms with Crippen LogP contribution in [0.2, 0.25) is 0 Å². The molecule has 9 heteroatoms. The number of carboxylic acids is 1. The van der Waals surface area contributed by atoms with Crippen molar-refractivity contribution in [2.45, 2.75) is 18.2 Å². The van der Waals surface area contributed by atoms with Crippen molar-refractivity contribution >= 4 is 38.7 Å². The van der Waals surface area contributed by atoms with Crippen LogP contribution in [-0.2, 0) is 16.4 Å². The first kappa shape index (κ1) is 15.1. The molecule has 0 aromatic carbocycles. The topological polar surface area (TPSA) is 96.4 Å². The van der Waals surface area contributed by atoms with Gasteiger partial charge in [0, 0.05) is 23.2 Å². The molecule has 6 nitrogen and oxygen atoms in total. The highest BCUT2D eigenvalue weighted by atomic mass is 32.2. The first-order valence-electron chi connectivity index (χ1n) is 5.60. The van der Waals surface area contributed by atoms with Crippen LogP contribution in [0.5, 0.6) is 0 Å². The number of thiazole rings is 1. The molecule has 0 aliphatic carbocycles. The minimum absolute atomic E-state index is 0.0161. The number of thiophene rings is 1. The van der Waals surface area contributed by atoms with Gasteiger partial charge in [-0.05, 0) is 13.0 Å². The molecular weight excluding hydrogens is 320 g/mol. The van der Waals surface area contributed by atoms with E-state index in [0.717, 1.165) is 17.0 Å². The van der Waals surface area contributed by atoms with Gasteiger partial charge in [-0.1, -0.05) is 0 Å². The molecule has 2 heterocycles. The fourth-order valence-electron chi connectivity index (χ4n) is 1.59. The van der Waals surface area contributed by atoms with Crippen molar-refractivity contribution in [3.8, 4) is 0 Å². The average molecular weight is 332 g/mol. The molecule has 0 unspecified atom stereocenters. The van der Waals surface area contributed by atoms with Gasteiger partial charge in [-0.3, -0.25) is 0 Å². The number of carbonyl (C=O) groups is 1. The molecule has 0 saturated carbocycles. The number of aromatic carboxylic acids is 1. The summed E-state index contributed by atoms with van der Waals surface area (Å²) in [7, 11) is -3.68. The van der Waals surface area contributed by atoms with E-state index in [1.807, 2.05) is 5.38 Å². The summed E-state index contributed by atoms with van der Waals surface area (Å²) in [6.07, 6.45) is 0.498. The van der Waals surface area contributed by atoms with E-state index in [0.29, 0.717) is 11.3 Å². The Hall–Kier alpha value is -1.29. The zero-order valence-corrected chi connectivity index (χ0v) is 12.9. The van der Waals surface area contributed by atoms with Crippen LogP contribution in [0.1, 0.15) is 20.2 Å². The second-order valence-corrected chi connectivity index (χ2v) is 7.67. The number of hydrogen-bond acceptors (Lipinski definition) is 6. The average Bonchev–Trinajstić information content (AvgIpc) is 2.98. The Labute approximate surface area is 124 Å². The van der Waals surface area contributed by atoms with Crippen LogP contribution < -0.4 is 4.72 Å². The summed E-state index contributed by atoms with van der Waals surface area (Å²) in [5, 5.41) is 10.7. The molecule has 0 radical (unpaired) electrons. The fourth-order valence-corrected chi connectivity index (χ4v) is 4.64. The quantitative estimate of drug-likeness (QED) is 0.840. The highest BCUT2D eigenvalue weighted by molar-refractivity contribution is 7.89. The van der Waals surface area contributed by atoms with Crippen LogP contribution >= 0.6 is 22.7 Å². The molecule has 0 aliphatic rings. The van der Waals surface area contributed by atoms with E-state index >= 15 is 0 Å². The molecule has 0 aliphatic heterocycles. The molecule has 0 amide bonds. The fraction of sp³-hybridized carbons (Fsp3) is 0.273. The Morgan fingerprint density at radius 3 is 2.80 bits per heavy atom. The van der Waals surface area contributed by atoms with Crippen LogP contribution in [-0.4, -0.2) is 31.0 Å². The van der Waals surface area contributed by atoms with Crippen LogP contribution in [0, 0.1) is 6.92 Å². The Morgan fingerprint density at radius 2 is 2.25 bits per heavy atom. The molecule has 0 saturated heterocycles. The van der Waals surface area contributed by atoms with E-state index in [1.54, 1.807) is 12.4 Å². The van der Waals surface area contributed by atoms with E-state index in [2.05, 4.69) is 9.71 Å². The summed E-state index contributed by atoms with van der Waals surface area (Å²) >= 11 is 2.40. The van der Waals surface area contributed by atoms with Crippen molar-refractivity contribution in [3.63, 3.8) is 0 Å². The highest BCUT2D eigenvalue weighted by Crippen LogP contribution is 2.25. The second kappa shape index (κ2) is 6.00. The van der Waals surface area contributed by atoms with Crippen LogP contribution in [0.3, 0.4) is 0 Å². The zero-order valence-electron chi connectivity index (χ0n) is 10.5. The van der Waals surface area contributed by atoms with Crippen LogP contribution in [0.15, 0.2) is 21.9 Å². The third kappa shape index (κ3) is 3.42. The molecule has 108 valence electrons. The number of sulfonamides is 1. The Morgan fingerprint density at radius 1 is 1.50 bits per heavy atom. The number of aryl methyl sites for hydroxylation is 1. The minimum atomic E-state index is -3.68. The number of carboxylic acid groups (broad SMARTS) is 1. The SMILES string of the molecule is Cc1sc(C(=O)O)cc1S(=O)(=O)NCCc1cscn1. The van der Waals surface area contributed by atoms with Crippen molar-refractivity contribution in [2.75, 3.05) is 6.54 Å². The standard InChI is InChI=1S/C11H12N2O4S3/c1-7-10(4-9(19-7)11(14)15)20(16,17)13-3-2-8-5-18-6-12-8/h4-6,13H,2-3H2,1H3,(H,14,15). The minimum Gasteiger partial charge on any atom is -0.477 e. The molecule has 0 atom stereocenters. The van der Waals surface area contributed by atoms with E-state index in [-0.39, 0.29) is 16.3 Å². The predicted molar refractivity (Wildman–Crippen MR) is 77.0 cm³/mol. The predicted octanol–water partition coefficient (Wildman–Crippen LogP) is 1.73. The third-order valence-corrected chi connectivity index (χ3v) is 5.92. The smallest absolute Gasteiger partial charge is 0.345 e. The molecule has 2 aromatic rings. The number of aromatic nitrogens is 1. The van der Waals surface area contributed by atoms with Gasteiger partial charge in [-0.2, -0.15) is 0 Å².